The number of halogens is 1. The van der Waals surface area contributed by atoms with E-state index in [0.29, 0.717) is 42.3 Å². The van der Waals surface area contributed by atoms with E-state index in [1.807, 2.05) is 34.6 Å². The number of aliphatic imine (C=N–C) groups is 1. The van der Waals surface area contributed by atoms with Gasteiger partial charge in [0.05, 0.1) is 35.7 Å². The zero-order valence-electron chi connectivity index (χ0n) is 21.0. The second-order valence-electron chi connectivity index (χ2n) is 8.39. The van der Waals surface area contributed by atoms with Gasteiger partial charge in [0.15, 0.2) is 6.17 Å². The lowest BCUT2D eigenvalue weighted by Gasteiger charge is -2.24. The van der Waals surface area contributed by atoms with Gasteiger partial charge in [0.25, 0.3) is 0 Å². The van der Waals surface area contributed by atoms with Gasteiger partial charge in [-0.1, -0.05) is 20.8 Å². The highest BCUT2D eigenvalue weighted by Crippen LogP contribution is 2.35. The maximum Gasteiger partial charge on any atom is 0.319 e. The summed E-state index contributed by atoms with van der Waals surface area (Å²) in [4.78, 5) is 16.4. The van der Waals surface area contributed by atoms with Crippen molar-refractivity contribution in [1.29, 1.82) is 5.26 Å². The number of benzene rings is 2. The third-order valence-corrected chi connectivity index (χ3v) is 5.08. The molecule has 2 aromatic carbocycles. The molecule has 0 aromatic heterocycles. The minimum Gasteiger partial charge on any atom is -0.493 e. The standard InChI is InChI=1S/C24H29FN6O2.C2H6/c1-4-11-33-18-12-19(25)21-20(13-18)28-15-29-22(21)30-16-5-7-17(8-6-16)31-23(32)27-10-9-24(2,3)14-26;1-2/h5-8,12-13,15,22,30H,4,9-11H2,1-3H3,(H,28,29)(H2,27,31,32);1-2H3. The molecule has 1 aliphatic rings. The molecule has 3 rings (SSSR count). The van der Waals surface area contributed by atoms with Gasteiger partial charge in [-0.25, -0.2) is 14.2 Å². The number of nitrogens with one attached hydrogen (secondary N) is 4. The Labute approximate surface area is 207 Å². The number of carbonyl (C=O) groups is 1. The summed E-state index contributed by atoms with van der Waals surface area (Å²) in [6.45, 7) is 10.6. The molecule has 188 valence electrons. The molecular weight excluding hydrogens is 447 g/mol. The number of rotatable bonds is 9. The first kappa shape index (κ1) is 27.4. The molecule has 8 nitrogen and oxygen atoms in total. The number of hydrogen-bond donors (Lipinski definition) is 4. The summed E-state index contributed by atoms with van der Waals surface area (Å²) in [5, 5.41) is 20.7. The van der Waals surface area contributed by atoms with Gasteiger partial charge in [-0.2, -0.15) is 5.26 Å². The summed E-state index contributed by atoms with van der Waals surface area (Å²) < 4.78 is 20.4. The van der Waals surface area contributed by atoms with Crippen LogP contribution >= 0.6 is 0 Å². The summed E-state index contributed by atoms with van der Waals surface area (Å²) in [5.41, 5.74) is 1.85. The van der Waals surface area contributed by atoms with Crippen molar-refractivity contribution in [3.8, 4) is 11.8 Å². The zero-order chi connectivity index (χ0) is 25.8. The minimum atomic E-state index is -0.605. The Kier molecular flexibility index (Phi) is 10.3. The van der Waals surface area contributed by atoms with E-state index in [1.54, 1.807) is 30.3 Å². The predicted molar refractivity (Wildman–Crippen MR) is 139 cm³/mol. The number of amides is 2. The fourth-order valence-corrected chi connectivity index (χ4v) is 3.19. The molecule has 0 bridgehead atoms. The van der Waals surface area contributed by atoms with Gasteiger partial charge in [0.2, 0.25) is 0 Å². The molecule has 4 N–H and O–H groups in total. The second kappa shape index (κ2) is 13.2. The van der Waals surface area contributed by atoms with E-state index in [9.17, 15) is 9.18 Å². The molecule has 0 fully saturated rings. The van der Waals surface area contributed by atoms with Gasteiger partial charge in [0, 0.05) is 30.1 Å². The van der Waals surface area contributed by atoms with Crippen molar-refractivity contribution in [3.63, 3.8) is 0 Å². The van der Waals surface area contributed by atoms with Crippen LogP contribution in [0, 0.1) is 22.6 Å². The zero-order valence-corrected chi connectivity index (χ0v) is 21.0. The number of anilines is 3. The predicted octanol–water partition coefficient (Wildman–Crippen LogP) is 6.27. The number of carbonyl (C=O) groups excluding carboxylic acids is 1. The lowest BCUT2D eigenvalue weighted by molar-refractivity contribution is 0.251. The summed E-state index contributed by atoms with van der Waals surface area (Å²) in [7, 11) is 0. The highest BCUT2D eigenvalue weighted by Gasteiger charge is 2.23. The van der Waals surface area contributed by atoms with Crippen molar-refractivity contribution in [2.45, 2.75) is 53.6 Å². The van der Waals surface area contributed by atoms with Crippen LogP contribution in [0.5, 0.6) is 5.75 Å². The van der Waals surface area contributed by atoms with E-state index in [4.69, 9.17) is 10.00 Å². The molecule has 35 heavy (non-hydrogen) atoms. The molecule has 2 amide bonds. The largest absolute Gasteiger partial charge is 0.493 e. The molecule has 1 unspecified atom stereocenters. The minimum absolute atomic E-state index is 0.343. The van der Waals surface area contributed by atoms with Crippen molar-refractivity contribution in [2.24, 2.45) is 10.4 Å². The Morgan fingerprint density at radius 3 is 2.57 bits per heavy atom. The number of ether oxygens (including phenoxy) is 1. The maximum absolute atomic E-state index is 14.8. The van der Waals surface area contributed by atoms with Gasteiger partial charge in [-0.05, 0) is 51.0 Å². The van der Waals surface area contributed by atoms with Crippen LogP contribution in [0.15, 0.2) is 41.4 Å². The normalized spacial score (nSPS) is 13.8. The van der Waals surface area contributed by atoms with Crippen LogP contribution in [0.2, 0.25) is 0 Å². The average Bonchev–Trinajstić information content (AvgIpc) is 2.85. The fourth-order valence-electron chi connectivity index (χ4n) is 3.19. The van der Waals surface area contributed by atoms with Crippen LogP contribution in [0.3, 0.4) is 0 Å². The number of fused-ring (bicyclic) bond motifs is 1. The van der Waals surface area contributed by atoms with Crippen molar-refractivity contribution in [1.82, 2.24) is 5.32 Å². The highest BCUT2D eigenvalue weighted by atomic mass is 19.1. The number of hydrogen-bond acceptors (Lipinski definition) is 6. The molecule has 0 saturated heterocycles. The molecule has 0 radical (unpaired) electrons. The summed E-state index contributed by atoms with van der Waals surface area (Å²) in [5.74, 6) is 0.0644. The fraction of sp³-hybridized carbons (Fsp3) is 0.423. The Balaban J connectivity index is 0.00000210. The van der Waals surface area contributed by atoms with Crippen molar-refractivity contribution in [3.05, 3.63) is 47.8 Å². The maximum atomic E-state index is 14.8. The first-order valence-corrected chi connectivity index (χ1v) is 11.9. The smallest absolute Gasteiger partial charge is 0.319 e. The van der Waals surface area contributed by atoms with E-state index in [2.05, 4.69) is 32.3 Å². The Bertz CT molecular complexity index is 1050. The summed E-state index contributed by atoms with van der Waals surface area (Å²) >= 11 is 0. The van der Waals surface area contributed by atoms with Gasteiger partial charge in [0.1, 0.15) is 11.6 Å². The van der Waals surface area contributed by atoms with Gasteiger partial charge in [-0.15, -0.1) is 0 Å². The molecule has 1 heterocycles. The molecule has 0 saturated carbocycles. The average molecular weight is 483 g/mol. The summed E-state index contributed by atoms with van der Waals surface area (Å²) in [6.07, 6.45) is 2.31. The van der Waals surface area contributed by atoms with E-state index in [1.165, 1.54) is 12.4 Å². The van der Waals surface area contributed by atoms with Crippen molar-refractivity contribution >= 4 is 29.4 Å². The van der Waals surface area contributed by atoms with E-state index in [-0.39, 0.29) is 6.03 Å². The third-order valence-electron chi connectivity index (χ3n) is 5.08. The Hall–Kier alpha value is -3.80. The molecule has 2 aromatic rings. The Morgan fingerprint density at radius 1 is 1.23 bits per heavy atom. The van der Waals surface area contributed by atoms with Crippen molar-refractivity contribution in [2.75, 3.05) is 29.1 Å². The van der Waals surface area contributed by atoms with Crippen LogP contribution in [0.25, 0.3) is 0 Å². The quantitative estimate of drug-likeness (QED) is 0.337. The molecule has 1 atom stereocenters. The van der Waals surface area contributed by atoms with Crippen molar-refractivity contribution < 1.29 is 13.9 Å². The lowest BCUT2D eigenvalue weighted by atomic mass is 9.92. The van der Waals surface area contributed by atoms with Crippen LogP contribution in [-0.4, -0.2) is 25.5 Å². The van der Waals surface area contributed by atoms with Crippen LogP contribution < -0.4 is 26.0 Å². The molecule has 1 aliphatic heterocycles. The second-order valence-corrected chi connectivity index (χ2v) is 8.39. The van der Waals surface area contributed by atoms with E-state index >= 15 is 0 Å². The third kappa shape index (κ3) is 8.18. The number of nitrogens with zero attached hydrogens (tertiary/aromatic N) is 2. The van der Waals surface area contributed by atoms with Crippen LogP contribution in [0.4, 0.5) is 26.2 Å². The number of urea groups is 1. The number of nitriles is 1. The Morgan fingerprint density at radius 2 is 1.91 bits per heavy atom. The van der Waals surface area contributed by atoms with E-state index in [0.717, 1.165) is 12.1 Å². The first-order valence-electron chi connectivity index (χ1n) is 11.9. The molecular formula is C26H35FN6O2. The van der Waals surface area contributed by atoms with Gasteiger partial charge >= 0.3 is 6.03 Å². The SMILES string of the molecule is CC.CCCOc1cc(F)c2c(c1)NC=NC2Nc1ccc(NC(=O)NCCC(C)(C)C#N)cc1. The molecule has 0 aliphatic carbocycles. The monoisotopic (exact) mass is 482 g/mol. The molecule has 9 heteroatoms. The summed E-state index contributed by atoms with van der Waals surface area (Å²) in [6, 6.07) is 12.0. The van der Waals surface area contributed by atoms with Crippen LogP contribution in [-0.2, 0) is 0 Å². The highest BCUT2D eigenvalue weighted by molar-refractivity contribution is 5.89. The van der Waals surface area contributed by atoms with E-state index < -0.39 is 17.4 Å². The molecule has 0 spiro atoms. The lowest BCUT2D eigenvalue weighted by Crippen LogP contribution is -2.31. The first-order chi connectivity index (χ1) is 16.8. The topological polar surface area (TPSA) is 111 Å². The van der Waals surface area contributed by atoms with Gasteiger partial charge in [-0.3, -0.25) is 0 Å². The van der Waals surface area contributed by atoms with Gasteiger partial charge < -0.3 is 26.0 Å². The van der Waals surface area contributed by atoms with Crippen LogP contribution in [0.1, 0.15) is 59.2 Å².